The average Bonchev–Trinajstić information content (AvgIpc) is 3.25. The minimum atomic E-state index is -2.79. The van der Waals surface area contributed by atoms with Crippen LogP contribution in [0.4, 0.5) is 0 Å². The van der Waals surface area contributed by atoms with Crippen molar-refractivity contribution in [2.45, 2.75) is 38.0 Å². The number of likely N-dealkylation sites (N-methyl/N-ethyl adjacent to an activating group) is 1. The highest BCUT2D eigenvalue weighted by molar-refractivity contribution is 6.32. The fourth-order valence-corrected chi connectivity index (χ4v) is 6.68. The van der Waals surface area contributed by atoms with Crippen LogP contribution in [0.2, 0.25) is 0 Å². The van der Waals surface area contributed by atoms with E-state index in [4.69, 9.17) is 5.73 Å². The summed E-state index contributed by atoms with van der Waals surface area (Å²) in [5.74, 6) is -11.1. The Kier molecular flexibility index (Phi) is 6.15. The standard InChI is InChI=1S/C27H28N4O8/c1-11-29-6-7-31(11)10-17(33)13-4-5-16(32)19-14(13)8-12-9-15-21(30(2)3)23(35)20(26(28)38)25(37)27(15,39)24(36)18(12)22(19)34/h4-7,12,15,18,20-21,32,39H,8-10H2,1-3H3,(H2,28,38)/t12-,15-,18?,20?,21-,27-/m0/s1. The third kappa shape index (κ3) is 3.69. The van der Waals surface area contributed by atoms with Crippen LogP contribution in [0.3, 0.4) is 0 Å². The smallest absolute Gasteiger partial charge is 0.235 e. The molecular formula is C27H28N4O8. The van der Waals surface area contributed by atoms with Crippen molar-refractivity contribution in [3.05, 3.63) is 47.0 Å². The van der Waals surface area contributed by atoms with Crippen LogP contribution in [0, 0.1) is 30.6 Å². The lowest BCUT2D eigenvalue weighted by molar-refractivity contribution is -0.181. The van der Waals surface area contributed by atoms with E-state index in [-0.39, 0.29) is 41.9 Å². The third-order valence-electron chi connectivity index (χ3n) is 8.48. The van der Waals surface area contributed by atoms with E-state index in [0.717, 1.165) is 0 Å². The van der Waals surface area contributed by atoms with Gasteiger partial charge in [0.05, 0.1) is 24.1 Å². The quantitative estimate of drug-likeness (QED) is 0.324. The number of nitrogens with two attached hydrogens (primary N) is 1. The molecule has 2 saturated carbocycles. The van der Waals surface area contributed by atoms with E-state index in [9.17, 15) is 39.0 Å². The van der Waals surface area contributed by atoms with Gasteiger partial charge in [-0.3, -0.25) is 33.7 Å². The summed E-state index contributed by atoms with van der Waals surface area (Å²) in [5.41, 5.74) is 2.79. The number of primary amides is 1. The number of amides is 1. The van der Waals surface area contributed by atoms with Crippen LogP contribution >= 0.6 is 0 Å². The minimum absolute atomic E-state index is 0.0181. The number of hydrogen-bond acceptors (Lipinski definition) is 10. The average molecular weight is 537 g/mol. The summed E-state index contributed by atoms with van der Waals surface area (Å²) < 4.78 is 1.63. The number of imidazole rings is 1. The molecule has 0 radical (unpaired) electrons. The number of fused-ring (bicyclic) bond motifs is 3. The number of carbonyl (C=O) groups excluding carboxylic acids is 6. The number of phenolic OH excluding ortho intramolecular Hbond substituents is 1. The number of ketones is 5. The Morgan fingerprint density at radius 1 is 1.18 bits per heavy atom. The summed E-state index contributed by atoms with van der Waals surface area (Å²) in [5, 5.41) is 22.2. The highest BCUT2D eigenvalue weighted by Crippen LogP contribution is 2.51. The molecule has 1 aromatic carbocycles. The Morgan fingerprint density at radius 3 is 2.46 bits per heavy atom. The number of Topliss-reactive ketones (excluding diaryl/α,β-unsaturated/α-hetero) is 5. The molecule has 2 unspecified atom stereocenters. The second kappa shape index (κ2) is 9.02. The first-order chi connectivity index (χ1) is 18.3. The van der Waals surface area contributed by atoms with Crippen LogP contribution in [0.15, 0.2) is 24.5 Å². The zero-order valence-corrected chi connectivity index (χ0v) is 21.6. The maximum absolute atomic E-state index is 13.8. The molecule has 2 fully saturated rings. The molecule has 0 saturated heterocycles. The molecular weight excluding hydrogens is 508 g/mol. The van der Waals surface area contributed by atoms with Crippen molar-refractivity contribution < 1.29 is 39.0 Å². The molecule has 204 valence electrons. The van der Waals surface area contributed by atoms with Crippen molar-refractivity contribution in [1.82, 2.24) is 14.5 Å². The van der Waals surface area contributed by atoms with Crippen molar-refractivity contribution in [3.8, 4) is 5.75 Å². The Bertz CT molecular complexity index is 1480. The van der Waals surface area contributed by atoms with Gasteiger partial charge in [0.1, 0.15) is 11.6 Å². The van der Waals surface area contributed by atoms with Gasteiger partial charge in [-0.2, -0.15) is 0 Å². The lowest BCUT2D eigenvalue weighted by Gasteiger charge is -2.52. The molecule has 12 nitrogen and oxygen atoms in total. The fraction of sp³-hybridized carbons (Fsp3) is 0.444. The molecule has 39 heavy (non-hydrogen) atoms. The Labute approximate surface area is 222 Å². The number of aryl methyl sites for hydroxylation is 1. The predicted molar refractivity (Wildman–Crippen MR) is 133 cm³/mol. The maximum Gasteiger partial charge on any atom is 0.235 e. The summed E-state index contributed by atoms with van der Waals surface area (Å²) in [4.78, 5) is 84.9. The molecule has 3 aliphatic carbocycles. The molecule has 3 aliphatic rings. The second-order valence-corrected chi connectivity index (χ2v) is 10.8. The molecule has 0 spiro atoms. The van der Waals surface area contributed by atoms with E-state index >= 15 is 0 Å². The largest absolute Gasteiger partial charge is 0.507 e. The van der Waals surface area contributed by atoms with Crippen molar-refractivity contribution >= 4 is 34.8 Å². The first-order valence-electron chi connectivity index (χ1n) is 12.5. The monoisotopic (exact) mass is 536 g/mol. The Balaban J connectivity index is 1.60. The second-order valence-electron chi connectivity index (χ2n) is 10.8. The van der Waals surface area contributed by atoms with E-state index in [2.05, 4.69) is 4.98 Å². The SMILES string of the molecule is Cc1nccn1CC(=O)c1ccc(O)c2c1C[C@H]1C[C@H]3[C@H](N(C)C)C(=O)C(C(N)=O)C(=O)[C@@]3(O)C(=O)C1C2=O. The summed E-state index contributed by atoms with van der Waals surface area (Å²) in [7, 11) is 3.03. The summed E-state index contributed by atoms with van der Waals surface area (Å²) in [6, 6.07) is 1.43. The molecule has 0 bridgehead atoms. The van der Waals surface area contributed by atoms with E-state index < -0.39 is 70.1 Å². The van der Waals surface area contributed by atoms with E-state index in [1.54, 1.807) is 23.9 Å². The molecule has 6 atom stereocenters. The van der Waals surface area contributed by atoms with Crippen LogP contribution in [0.25, 0.3) is 0 Å². The number of phenols is 1. The molecule has 2 aromatic rings. The minimum Gasteiger partial charge on any atom is -0.507 e. The van der Waals surface area contributed by atoms with Crippen molar-refractivity contribution in [2.75, 3.05) is 14.1 Å². The number of aromatic hydroxyl groups is 1. The molecule has 4 N–H and O–H groups in total. The first-order valence-corrected chi connectivity index (χ1v) is 12.5. The number of nitrogens with zero attached hydrogens (tertiary/aromatic N) is 3. The zero-order chi connectivity index (χ0) is 28.5. The molecule has 0 aliphatic heterocycles. The number of aromatic nitrogens is 2. The van der Waals surface area contributed by atoms with Gasteiger partial charge in [-0.15, -0.1) is 0 Å². The summed E-state index contributed by atoms with van der Waals surface area (Å²) in [6.45, 7) is 1.67. The lowest BCUT2D eigenvalue weighted by atomic mass is 9.52. The van der Waals surface area contributed by atoms with E-state index in [0.29, 0.717) is 5.82 Å². The number of rotatable bonds is 5. The van der Waals surface area contributed by atoms with Crippen LogP contribution in [-0.2, 0) is 32.1 Å². The molecule has 12 heteroatoms. The highest BCUT2D eigenvalue weighted by atomic mass is 16.3. The zero-order valence-electron chi connectivity index (χ0n) is 21.6. The number of hydrogen-bond donors (Lipinski definition) is 3. The Morgan fingerprint density at radius 2 is 1.87 bits per heavy atom. The van der Waals surface area contributed by atoms with Crippen molar-refractivity contribution in [1.29, 1.82) is 0 Å². The van der Waals surface area contributed by atoms with Gasteiger partial charge in [-0.1, -0.05) is 0 Å². The Hall–Kier alpha value is -4.03. The highest BCUT2D eigenvalue weighted by Gasteiger charge is 2.69. The van der Waals surface area contributed by atoms with Gasteiger partial charge in [-0.25, -0.2) is 4.98 Å². The molecule has 5 rings (SSSR count). The summed E-state index contributed by atoms with van der Waals surface area (Å²) in [6.07, 6.45) is 3.12. The van der Waals surface area contributed by atoms with E-state index in [1.165, 1.54) is 31.1 Å². The fourth-order valence-electron chi connectivity index (χ4n) is 6.68. The molecule has 1 amide bonds. The van der Waals surface area contributed by atoms with Crippen molar-refractivity contribution in [3.63, 3.8) is 0 Å². The van der Waals surface area contributed by atoms with Gasteiger partial charge >= 0.3 is 0 Å². The predicted octanol–water partition coefficient (Wildman–Crippen LogP) is -0.745. The van der Waals surface area contributed by atoms with Gasteiger partial charge in [0.15, 0.2) is 40.4 Å². The van der Waals surface area contributed by atoms with Crippen LogP contribution in [-0.4, -0.2) is 85.2 Å². The van der Waals surface area contributed by atoms with Gasteiger partial charge < -0.3 is 20.5 Å². The number of carbonyl (C=O) groups is 6. The maximum atomic E-state index is 13.8. The first kappa shape index (κ1) is 26.6. The third-order valence-corrected chi connectivity index (χ3v) is 8.48. The molecule has 1 aromatic heterocycles. The van der Waals surface area contributed by atoms with Crippen LogP contribution in [0.1, 0.15) is 38.5 Å². The van der Waals surface area contributed by atoms with Crippen LogP contribution < -0.4 is 5.73 Å². The van der Waals surface area contributed by atoms with Gasteiger partial charge in [0, 0.05) is 23.9 Å². The normalized spacial score (nSPS) is 30.1. The van der Waals surface area contributed by atoms with Crippen molar-refractivity contribution in [2.24, 2.45) is 29.4 Å². The van der Waals surface area contributed by atoms with Gasteiger partial charge in [-0.05, 0) is 57.5 Å². The van der Waals surface area contributed by atoms with Gasteiger partial charge in [0.2, 0.25) is 5.91 Å². The topological polar surface area (TPSA) is 190 Å². The summed E-state index contributed by atoms with van der Waals surface area (Å²) >= 11 is 0. The lowest BCUT2D eigenvalue weighted by Crippen LogP contribution is -2.74. The van der Waals surface area contributed by atoms with Gasteiger partial charge in [0.25, 0.3) is 0 Å². The van der Waals surface area contributed by atoms with E-state index in [1.807, 2.05) is 0 Å². The van der Waals surface area contributed by atoms with Crippen LogP contribution in [0.5, 0.6) is 5.75 Å². The molecule has 1 heterocycles. The number of benzene rings is 1. The number of aliphatic hydroxyl groups is 1.